The first kappa shape index (κ1) is 15.1. The van der Waals surface area contributed by atoms with Gasteiger partial charge in [0.15, 0.2) is 0 Å². The van der Waals surface area contributed by atoms with Crippen LogP contribution in [0.15, 0.2) is 41.6 Å². The van der Waals surface area contributed by atoms with Crippen LogP contribution in [0.1, 0.15) is 35.7 Å². The summed E-state index contributed by atoms with van der Waals surface area (Å²) >= 11 is 0. The van der Waals surface area contributed by atoms with Crippen LogP contribution in [0.2, 0.25) is 0 Å². The molecule has 1 fully saturated rings. The van der Waals surface area contributed by atoms with Crippen LogP contribution < -0.4 is 5.56 Å². The number of hydrogen-bond acceptors (Lipinski definition) is 4. The summed E-state index contributed by atoms with van der Waals surface area (Å²) in [7, 11) is 1.94. The fraction of sp³-hybridized carbons (Fsp3) is 0.389. The van der Waals surface area contributed by atoms with Crippen LogP contribution in [0.5, 0.6) is 0 Å². The van der Waals surface area contributed by atoms with E-state index in [0.29, 0.717) is 12.6 Å². The Labute approximate surface area is 140 Å². The second-order valence-corrected chi connectivity index (χ2v) is 6.55. The SMILES string of the molecule is Cc1cccn2c(=O)cc(CN3CCCC3c3cnn(C)c3)nc12. The van der Waals surface area contributed by atoms with Gasteiger partial charge in [0, 0.05) is 43.7 Å². The summed E-state index contributed by atoms with van der Waals surface area (Å²) in [5.41, 5.74) is 3.82. The van der Waals surface area contributed by atoms with Gasteiger partial charge in [-0.2, -0.15) is 5.10 Å². The molecular weight excluding hydrogens is 302 g/mol. The van der Waals surface area contributed by atoms with E-state index in [4.69, 9.17) is 4.98 Å². The molecule has 0 aliphatic carbocycles. The highest BCUT2D eigenvalue weighted by atomic mass is 16.1. The van der Waals surface area contributed by atoms with E-state index < -0.39 is 0 Å². The first-order chi connectivity index (χ1) is 11.6. The Morgan fingerprint density at radius 3 is 3.04 bits per heavy atom. The average molecular weight is 323 g/mol. The topological polar surface area (TPSA) is 55.4 Å². The zero-order valence-corrected chi connectivity index (χ0v) is 14.0. The van der Waals surface area contributed by atoms with Crippen molar-refractivity contribution in [1.82, 2.24) is 24.1 Å². The highest BCUT2D eigenvalue weighted by molar-refractivity contribution is 5.46. The first-order valence-corrected chi connectivity index (χ1v) is 8.32. The fourth-order valence-electron chi connectivity index (χ4n) is 3.60. The molecule has 3 aromatic heterocycles. The number of likely N-dealkylation sites (tertiary alicyclic amines) is 1. The van der Waals surface area contributed by atoms with Crippen molar-refractivity contribution in [1.29, 1.82) is 0 Å². The van der Waals surface area contributed by atoms with Crippen molar-refractivity contribution in [3.05, 3.63) is 64.0 Å². The van der Waals surface area contributed by atoms with Gasteiger partial charge in [-0.15, -0.1) is 0 Å². The van der Waals surface area contributed by atoms with Gasteiger partial charge in [0.2, 0.25) is 0 Å². The number of aryl methyl sites for hydroxylation is 2. The van der Waals surface area contributed by atoms with E-state index in [-0.39, 0.29) is 5.56 Å². The van der Waals surface area contributed by atoms with E-state index >= 15 is 0 Å². The van der Waals surface area contributed by atoms with Crippen molar-refractivity contribution >= 4 is 5.65 Å². The van der Waals surface area contributed by atoms with Crippen molar-refractivity contribution in [2.75, 3.05) is 6.54 Å². The molecule has 0 amide bonds. The molecule has 6 nitrogen and oxygen atoms in total. The van der Waals surface area contributed by atoms with E-state index in [0.717, 1.165) is 36.3 Å². The summed E-state index contributed by atoms with van der Waals surface area (Å²) < 4.78 is 3.46. The fourth-order valence-corrected chi connectivity index (χ4v) is 3.60. The van der Waals surface area contributed by atoms with Gasteiger partial charge in [-0.3, -0.25) is 18.8 Å². The van der Waals surface area contributed by atoms with Crippen LogP contribution >= 0.6 is 0 Å². The van der Waals surface area contributed by atoms with Gasteiger partial charge < -0.3 is 0 Å². The van der Waals surface area contributed by atoms with Gasteiger partial charge >= 0.3 is 0 Å². The number of rotatable bonds is 3. The monoisotopic (exact) mass is 323 g/mol. The van der Waals surface area contributed by atoms with Crippen molar-refractivity contribution in [2.45, 2.75) is 32.4 Å². The molecule has 0 N–H and O–H groups in total. The third-order valence-corrected chi connectivity index (χ3v) is 4.78. The van der Waals surface area contributed by atoms with Gasteiger partial charge in [0.05, 0.1) is 11.9 Å². The van der Waals surface area contributed by atoms with Gasteiger partial charge in [0.1, 0.15) is 5.65 Å². The zero-order chi connectivity index (χ0) is 16.7. The minimum absolute atomic E-state index is 0.0178. The number of nitrogens with zero attached hydrogens (tertiary/aromatic N) is 5. The molecule has 1 saturated heterocycles. The summed E-state index contributed by atoms with van der Waals surface area (Å²) in [6.07, 6.45) is 8.07. The van der Waals surface area contributed by atoms with Gasteiger partial charge in [0.25, 0.3) is 5.56 Å². The van der Waals surface area contributed by atoms with Crippen molar-refractivity contribution in [3.63, 3.8) is 0 Å². The molecule has 3 aromatic rings. The first-order valence-electron chi connectivity index (χ1n) is 8.32. The Balaban J connectivity index is 1.66. The molecule has 24 heavy (non-hydrogen) atoms. The number of pyridine rings is 1. The number of hydrogen-bond donors (Lipinski definition) is 0. The summed E-state index contributed by atoms with van der Waals surface area (Å²) in [5, 5.41) is 4.29. The van der Waals surface area contributed by atoms with Gasteiger partial charge in [-0.25, -0.2) is 4.98 Å². The lowest BCUT2D eigenvalue weighted by molar-refractivity contribution is 0.245. The maximum atomic E-state index is 12.4. The molecule has 124 valence electrons. The molecule has 0 radical (unpaired) electrons. The molecule has 0 aromatic carbocycles. The zero-order valence-electron chi connectivity index (χ0n) is 14.0. The Kier molecular flexibility index (Phi) is 3.69. The largest absolute Gasteiger partial charge is 0.290 e. The summed E-state index contributed by atoms with van der Waals surface area (Å²) in [6.45, 7) is 3.70. The molecule has 1 aliphatic heterocycles. The van der Waals surface area contributed by atoms with E-state index in [1.807, 2.05) is 37.0 Å². The predicted molar refractivity (Wildman–Crippen MR) is 91.8 cm³/mol. The Bertz CT molecular complexity index is 942. The summed E-state index contributed by atoms with van der Waals surface area (Å²) in [5.74, 6) is 0. The maximum Gasteiger partial charge on any atom is 0.258 e. The molecule has 1 atom stereocenters. The van der Waals surface area contributed by atoms with Crippen molar-refractivity contribution in [2.24, 2.45) is 7.05 Å². The smallest absolute Gasteiger partial charge is 0.258 e. The molecule has 1 aliphatic rings. The van der Waals surface area contributed by atoms with Gasteiger partial charge in [-0.1, -0.05) is 6.07 Å². The highest BCUT2D eigenvalue weighted by Gasteiger charge is 2.27. The normalized spacial score (nSPS) is 18.5. The minimum atomic E-state index is -0.0178. The molecule has 6 heteroatoms. The molecule has 0 saturated carbocycles. The van der Waals surface area contributed by atoms with E-state index in [9.17, 15) is 4.79 Å². The van der Waals surface area contributed by atoms with Crippen molar-refractivity contribution < 1.29 is 0 Å². The minimum Gasteiger partial charge on any atom is -0.290 e. The third kappa shape index (κ3) is 2.63. The second kappa shape index (κ2) is 5.87. The number of aromatic nitrogens is 4. The van der Waals surface area contributed by atoms with Crippen molar-refractivity contribution in [3.8, 4) is 0 Å². The average Bonchev–Trinajstić information content (AvgIpc) is 3.17. The molecule has 0 spiro atoms. The van der Waals surface area contributed by atoms with Gasteiger partial charge in [-0.05, 0) is 37.9 Å². The molecular formula is C18H21N5O. The lowest BCUT2D eigenvalue weighted by Crippen LogP contribution is -2.25. The molecule has 0 bridgehead atoms. The predicted octanol–water partition coefficient (Wildman–Crippen LogP) is 2.07. The standard InChI is InChI=1S/C18H21N5O/c1-13-5-3-8-23-17(24)9-15(20-18(13)23)12-22-7-4-6-16(22)14-10-19-21(2)11-14/h3,5,8-11,16H,4,6-7,12H2,1-2H3. The van der Waals surface area contributed by atoms with E-state index in [2.05, 4.69) is 16.2 Å². The lowest BCUT2D eigenvalue weighted by atomic mass is 10.1. The molecule has 4 heterocycles. The molecule has 1 unspecified atom stereocenters. The Morgan fingerprint density at radius 2 is 2.25 bits per heavy atom. The Hall–Kier alpha value is -2.47. The Morgan fingerprint density at radius 1 is 1.38 bits per heavy atom. The van der Waals surface area contributed by atoms with Crippen LogP contribution in [-0.4, -0.2) is 30.6 Å². The summed E-state index contributed by atoms with van der Waals surface area (Å²) in [4.78, 5) is 19.5. The van der Waals surface area contributed by atoms with E-state index in [1.165, 1.54) is 5.56 Å². The van der Waals surface area contributed by atoms with E-state index in [1.54, 1.807) is 16.7 Å². The van der Waals surface area contributed by atoms with Crippen LogP contribution in [-0.2, 0) is 13.6 Å². The van der Waals surface area contributed by atoms with Crippen LogP contribution in [0.4, 0.5) is 0 Å². The lowest BCUT2D eigenvalue weighted by Gasteiger charge is -2.23. The van der Waals surface area contributed by atoms with Crippen LogP contribution in [0.3, 0.4) is 0 Å². The summed E-state index contributed by atoms with van der Waals surface area (Å²) in [6, 6.07) is 5.88. The third-order valence-electron chi connectivity index (χ3n) is 4.78. The van der Waals surface area contributed by atoms with Crippen LogP contribution in [0, 0.1) is 6.92 Å². The number of fused-ring (bicyclic) bond motifs is 1. The molecule has 4 rings (SSSR count). The maximum absolute atomic E-state index is 12.4. The highest BCUT2D eigenvalue weighted by Crippen LogP contribution is 2.32. The quantitative estimate of drug-likeness (QED) is 0.740. The van der Waals surface area contributed by atoms with Crippen LogP contribution in [0.25, 0.3) is 5.65 Å². The second-order valence-electron chi connectivity index (χ2n) is 6.55.